The average Bonchev–Trinajstić information content (AvgIpc) is 3.59. The fourth-order valence-electron chi connectivity index (χ4n) is 15.8. The number of carbonyl (C=O) groups is 1. The van der Waals surface area contributed by atoms with Crippen LogP contribution in [0.25, 0.3) is 0 Å². The van der Waals surface area contributed by atoms with Crippen molar-refractivity contribution in [2.75, 3.05) is 31.3 Å². The number of aliphatic hydroxyl groups is 1. The average molecular weight is 845 g/mol. The molecule has 2 N–H and O–H groups in total. The van der Waals surface area contributed by atoms with E-state index in [9.17, 15) is 18.3 Å². The molecule has 0 spiro atoms. The molecule has 0 bridgehead atoms. The van der Waals surface area contributed by atoms with Crippen LogP contribution in [0.5, 0.6) is 5.88 Å². The molecule has 1 unspecified atom stereocenters. The monoisotopic (exact) mass is 845 g/mol. The van der Waals surface area contributed by atoms with E-state index in [2.05, 4.69) is 70.6 Å². The summed E-state index contributed by atoms with van der Waals surface area (Å²) in [5.41, 5.74) is 3.35. The summed E-state index contributed by atoms with van der Waals surface area (Å²) in [7, 11) is -3.03. The molecule has 8 nitrogen and oxygen atoms in total. The van der Waals surface area contributed by atoms with Gasteiger partial charge in [0.05, 0.1) is 23.7 Å². The zero-order valence-electron chi connectivity index (χ0n) is 38.0. The van der Waals surface area contributed by atoms with E-state index in [4.69, 9.17) is 9.47 Å². The lowest BCUT2D eigenvalue weighted by molar-refractivity contribution is -0.221. The molecule has 1 aromatic rings. The first-order chi connectivity index (χ1) is 28.3. The number of esters is 1. The first kappa shape index (κ1) is 44.1. The van der Waals surface area contributed by atoms with Crippen molar-refractivity contribution in [3.05, 3.63) is 59.8 Å². The number of nitrogens with zero attached hydrogens (tertiary/aromatic N) is 1. The maximum Gasteiger partial charge on any atom is 0.315 e. The normalized spacial score (nSPS) is 41.3. The molecule has 2 heterocycles. The molecule has 4 saturated carbocycles. The van der Waals surface area contributed by atoms with Gasteiger partial charge in [-0.1, -0.05) is 65.0 Å². The fraction of sp³-hybridized carbons (Fsp3) is 0.765. The van der Waals surface area contributed by atoms with Crippen LogP contribution >= 0.6 is 0 Å². The van der Waals surface area contributed by atoms with Crippen LogP contribution < -0.4 is 10.1 Å². The van der Waals surface area contributed by atoms with Gasteiger partial charge < -0.3 is 19.9 Å². The van der Waals surface area contributed by atoms with Crippen LogP contribution in [0.15, 0.2) is 59.8 Å². The standard InChI is InChI=1S/C51H76N2O6S/c1-9-58-44(54)49(34-59-42-12-10-11-30-52-42)22-15-36(16-23-49)38-18-20-46(6)40(45(38,4)5)19-21-48(8)41(46)14-13-39-43-37(35(2)3)17-24-51(43,26-25-47(39,48)7)53-31-27-50(55)28-32-60(56,57)33-29-50/h10-12,15,18,30,37,39-41,43,53,55H,2,9,13-14,16-17,19-29,31-34H2,1,3-8H3/t37-,39+,40-,41+,43+,46-,47+,48+,49?,51-/m0/s1. The summed E-state index contributed by atoms with van der Waals surface area (Å²) in [4.78, 5) is 17.9. The van der Waals surface area contributed by atoms with Gasteiger partial charge in [0.15, 0.2) is 9.84 Å². The molecule has 7 aliphatic rings. The summed E-state index contributed by atoms with van der Waals surface area (Å²) in [5.74, 6) is 3.43. The Morgan fingerprint density at radius 1 is 0.917 bits per heavy atom. The van der Waals surface area contributed by atoms with Gasteiger partial charge in [0.2, 0.25) is 5.88 Å². The molecule has 0 amide bonds. The predicted molar refractivity (Wildman–Crippen MR) is 239 cm³/mol. The summed E-state index contributed by atoms with van der Waals surface area (Å²) in [6, 6.07) is 5.62. The van der Waals surface area contributed by atoms with Crippen molar-refractivity contribution in [3.63, 3.8) is 0 Å². The summed E-state index contributed by atoms with van der Waals surface area (Å²) < 4.78 is 36.1. The van der Waals surface area contributed by atoms with Gasteiger partial charge >= 0.3 is 5.97 Å². The fourth-order valence-corrected chi connectivity index (χ4v) is 17.3. The van der Waals surface area contributed by atoms with Crippen LogP contribution in [0, 0.1) is 56.7 Å². The molecule has 5 fully saturated rings. The van der Waals surface area contributed by atoms with Crippen LogP contribution in [-0.2, 0) is 19.4 Å². The third kappa shape index (κ3) is 7.19. The molecule has 1 aliphatic heterocycles. The van der Waals surface area contributed by atoms with E-state index in [1.807, 2.05) is 25.1 Å². The number of rotatable bonds is 11. The van der Waals surface area contributed by atoms with Gasteiger partial charge in [0, 0.05) is 17.8 Å². The Morgan fingerprint density at radius 2 is 1.68 bits per heavy atom. The Bertz CT molecular complexity index is 1980. The molecule has 1 saturated heterocycles. The number of aromatic nitrogens is 1. The topological polar surface area (TPSA) is 115 Å². The summed E-state index contributed by atoms with van der Waals surface area (Å²) in [5, 5.41) is 15.6. The van der Waals surface area contributed by atoms with Gasteiger partial charge in [-0.3, -0.25) is 4.79 Å². The third-order valence-corrected chi connectivity index (χ3v) is 20.9. The highest BCUT2D eigenvalue weighted by Crippen LogP contribution is 2.76. The van der Waals surface area contributed by atoms with Gasteiger partial charge in [-0.2, -0.15) is 0 Å². The molecule has 9 heteroatoms. The molecule has 60 heavy (non-hydrogen) atoms. The lowest BCUT2D eigenvalue weighted by atomic mass is 9.33. The predicted octanol–water partition coefficient (Wildman–Crippen LogP) is 9.99. The van der Waals surface area contributed by atoms with Crippen LogP contribution in [0.2, 0.25) is 0 Å². The molecule has 10 atom stereocenters. The van der Waals surface area contributed by atoms with Crippen molar-refractivity contribution in [2.45, 2.75) is 156 Å². The molecule has 8 rings (SSSR count). The van der Waals surface area contributed by atoms with E-state index >= 15 is 0 Å². The van der Waals surface area contributed by atoms with Crippen molar-refractivity contribution >= 4 is 15.8 Å². The van der Waals surface area contributed by atoms with Crippen molar-refractivity contribution in [3.8, 4) is 5.88 Å². The molecular formula is C51H76N2O6S. The smallest absolute Gasteiger partial charge is 0.315 e. The van der Waals surface area contributed by atoms with E-state index in [1.54, 1.807) is 6.20 Å². The summed E-state index contributed by atoms with van der Waals surface area (Å²) in [6.45, 7) is 23.2. The Kier molecular flexibility index (Phi) is 11.5. The lowest BCUT2D eigenvalue weighted by Gasteiger charge is -2.72. The Balaban J connectivity index is 1.02. The number of hydrogen-bond acceptors (Lipinski definition) is 8. The summed E-state index contributed by atoms with van der Waals surface area (Å²) >= 11 is 0. The minimum Gasteiger partial charge on any atom is -0.476 e. The first-order valence-corrected chi connectivity index (χ1v) is 25.5. The number of hydrogen-bond donors (Lipinski definition) is 2. The van der Waals surface area contributed by atoms with Crippen LogP contribution in [0.4, 0.5) is 0 Å². The molecule has 0 radical (unpaired) electrons. The van der Waals surface area contributed by atoms with Crippen molar-refractivity contribution in [2.24, 2.45) is 56.7 Å². The van der Waals surface area contributed by atoms with Gasteiger partial charge in [0.25, 0.3) is 0 Å². The largest absolute Gasteiger partial charge is 0.476 e. The zero-order chi connectivity index (χ0) is 43.0. The van der Waals surface area contributed by atoms with Gasteiger partial charge in [-0.05, 0) is 185 Å². The Morgan fingerprint density at radius 3 is 2.35 bits per heavy atom. The minimum atomic E-state index is -3.03. The van der Waals surface area contributed by atoms with E-state index in [1.165, 1.54) is 55.2 Å². The zero-order valence-corrected chi connectivity index (χ0v) is 38.9. The van der Waals surface area contributed by atoms with Crippen LogP contribution in [0.3, 0.4) is 0 Å². The van der Waals surface area contributed by atoms with Crippen molar-refractivity contribution in [1.82, 2.24) is 10.3 Å². The number of allylic oxidation sites excluding steroid dienone is 5. The highest BCUT2D eigenvalue weighted by molar-refractivity contribution is 7.91. The second kappa shape index (κ2) is 15.6. The van der Waals surface area contributed by atoms with Crippen molar-refractivity contribution < 1.29 is 27.8 Å². The number of fused-ring (bicyclic) bond motifs is 7. The van der Waals surface area contributed by atoms with Gasteiger partial charge in [-0.15, -0.1) is 0 Å². The molecule has 1 aromatic heterocycles. The molecule has 332 valence electrons. The quantitative estimate of drug-likeness (QED) is 0.167. The Labute approximate surface area is 362 Å². The molecule has 6 aliphatic carbocycles. The second-order valence-electron chi connectivity index (χ2n) is 22.3. The van der Waals surface area contributed by atoms with Crippen LogP contribution in [-0.4, -0.2) is 66.9 Å². The number of nitrogens with one attached hydrogen (secondary N) is 1. The number of sulfone groups is 1. The van der Waals surface area contributed by atoms with Gasteiger partial charge in [0.1, 0.15) is 12.0 Å². The third-order valence-electron chi connectivity index (χ3n) is 19.3. The highest BCUT2D eigenvalue weighted by atomic mass is 32.2. The van der Waals surface area contributed by atoms with E-state index in [-0.39, 0.29) is 51.3 Å². The van der Waals surface area contributed by atoms with Gasteiger partial charge in [-0.25, -0.2) is 13.4 Å². The van der Waals surface area contributed by atoms with Crippen LogP contribution in [0.1, 0.15) is 145 Å². The Hall–Kier alpha value is -2.49. The molecule has 0 aromatic carbocycles. The second-order valence-corrected chi connectivity index (χ2v) is 24.6. The summed E-state index contributed by atoms with van der Waals surface area (Å²) in [6.07, 6.45) is 21.0. The van der Waals surface area contributed by atoms with E-state index in [0.717, 1.165) is 32.2 Å². The number of ether oxygens (including phenoxy) is 2. The maximum atomic E-state index is 13.5. The lowest BCUT2D eigenvalue weighted by Crippen LogP contribution is -2.68. The SMILES string of the molecule is C=C(C)[C@@H]1CC[C@]2(NCCC3(O)CCS(=O)(=O)CC3)CC[C@]3(C)[C@H](CC[C@@H]4[C@@]5(C)CC=C(C6=CCC(COc7ccccn7)(C(=O)OCC)CC6)C(C)(C)[C@@H]5CC[C@]43C)[C@@H]12. The number of pyridine rings is 1. The van der Waals surface area contributed by atoms with Crippen molar-refractivity contribution in [1.29, 1.82) is 0 Å². The first-order valence-electron chi connectivity index (χ1n) is 23.7. The highest BCUT2D eigenvalue weighted by Gasteiger charge is 2.70. The minimum absolute atomic E-state index is 0.0149. The molecular weight excluding hydrogens is 769 g/mol. The van der Waals surface area contributed by atoms with E-state index < -0.39 is 20.9 Å². The maximum absolute atomic E-state index is 13.5. The number of carbonyl (C=O) groups excluding carboxylic acids is 1. The van der Waals surface area contributed by atoms with E-state index in [0.29, 0.717) is 74.2 Å².